The third-order valence-electron chi connectivity index (χ3n) is 5.15. The summed E-state index contributed by atoms with van der Waals surface area (Å²) in [5.74, 6) is -0.302. The zero-order valence-corrected chi connectivity index (χ0v) is 16.1. The fraction of sp³-hybridized carbons (Fsp3) is 0.500. The van der Waals surface area contributed by atoms with Gasteiger partial charge in [0.2, 0.25) is 5.91 Å². The molecule has 1 aliphatic carbocycles. The first kappa shape index (κ1) is 17.9. The summed E-state index contributed by atoms with van der Waals surface area (Å²) in [4.78, 5) is 40.0. The standard InChI is InChI=1S/C18H22BrN3O3/c1-12-11-13(19)5-6-14(12)21(2)15(23)7-10-22-16(24)18(20-17(22)25)8-3-4-9-18/h5-6,11H,3-4,7-10H2,1-2H3,(H,20,25). The lowest BCUT2D eigenvalue weighted by Crippen LogP contribution is -2.44. The highest BCUT2D eigenvalue weighted by molar-refractivity contribution is 9.10. The summed E-state index contributed by atoms with van der Waals surface area (Å²) in [5, 5.41) is 2.84. The van der Waals surface area contributed by atoms with Crippen molar-refractivity contribution in [2.75, 3.05) is 18.5 Å². The van der Waals surface area contributed by atoms with Crippen molar-refractivity contribution in [1.82, 2.24) is 10.2 Å². The van der Waals surface area contributed by atoms with E-state index in [1.807, 2.05) is 25.1 Å². The number of amides is 4. The molecule has 134 valence electrons. The maximum absolute atomic E-state index is 12.6. The number of rotatable bonds is 4. The van der Waals surface area contributed by atoms with Crippen LogP contribution in [0, 0.1) is 6.92 Å². The van der Waals surface area contributed by atoms with Crippen LogP contribution < -0.4 is 10.2 Å². The number of carbonyl (C=O) groups excluding carboxylic acids is 3. The van der Waals surface area contributed by atoms with Crippen LogP contribution >= 0.6 is 15.9 Å². The molecule has 1 saturated carbocycles. The molecule has 1 aromatic carbocycles. The van der Waals surface area contributed by atoms with E-state index in [1.54, 1.807) is 11.9 Å². The largest absolute Gasteiger partial charge is 0.325 e. The quantitative estimate of drug-likeness (QED) is 0.779. The number of nitrogens with one attached hydrogen (secondary N) is 1. The Balaban J connectivity index is 1.64. The van der Waals surface area contributed by atoms with Gasteiger partial charge in [-0.05, 0) is 43.5 Å². The van der Waals surface area contributed by atoms with E-state index >= 15 is 0 Å². The minimum atomic E-state index is -0.714. The van der Waals surface area contributed by atoms with E-state index in [0.29, 0.717) is 12.8 Å². The zero-order chi connectivity index (χ0) is 18.2. The first-order valence-electron chi connectivity index (χ1n) is 8.51. The van der Waals surface area contributed by atoms with Crippen molar-refractivity contribution in [3.05, 3.63) is 28.2 Å². The molecule has 0 unspecified atom stereocenters. The van der Waals surface area contributed by atoms with Crippen molar-refractivity contribution in [2.24, 2.45) is 0 Å². The van der Waals surface area contributed by atoms with Crippen molar-refractivity contribution in [1.29, 1.82) is 0 Å². The van der Waals surface area contributed by atoms with Crippen LogP contribution in [0.4, 0.5) is 10.5 Å². The number of hydrogen-bond donors (Lipinski definition) is 1. The molecule has 1 spiro atoms. The Kier molecular flexibility index (Phi) is 4.86. The summed E-state index contributed by atoms with van der Waals surface area (Å²) in [5.41, 5.74) is 1.08. The number of urea groups is 1. The molecular formula is C18H22BrN3O3. The average molecular weight is 408 g/mol. The second kappa shape index (κ2) is 6.78. The van der Waals surface area contributed by atoms with Gasteiger partial charge >= 0.3 is 6.03 Å². The van der Waals surface area contributed by atoms with Gasteiger partial charge in [-0.25, -0.2) is 4.79 Å². The number of halogens is 1. The smallest absolute Gasteiger partial charge is 0.323 e. The van der Waals surface area contributed by atoms with Crippen LogP contribution in [0.25, 0.3) is 0 Å². The molecular weight excluding hydrogens is 386 g/mol. The predicted molar refractivity (Wildman–Crippen MR) is 98.3 cm³/mol. The topological polar surface area (TPSA) is 69.7 Å². The van der Waals surface area contributed by atoms with Crippen molar-refractivity contribution in [2.45, 2.75) is 44.6 Å². The Bertz CT molecular complexity index is 728. The molecule has 0 atom stereocenters. The monoisotopic (exact) mass is 407 g/mol. The highest BCUT2D eigenvalue weighted by Crippen LogP contribution is 2.35. The summed E-state index contributed by atoms with van der Waals surface area (Å²) in [6.07, 6.45) is 3.40. The highest BCUT2D eigenvalue weighted by Gasteiger charge is 2.52. The van der Waals surface area contributed by atoms with Crippen molar-refractivity contribution in [3.8, 4) is 0 Å². The van der Waals surface area contributed by atoms with Crippen LogP contribution in [0.3, 0.4) is 0 Å². The third kappa shape index (κ3) is 3.29. The Labute approximate surface area is 155 Å². The van der Waals surface area contributed by atoms with Crippen LogP contribution in [-0.2, 0) is 9.59 Å². The van der Waals surface area contributed by atoms with Crippen LogP contribution in [0.1, 0.15) is 37.7 Å². The van der Waals surface area contributed by atoms with Crippen LogP contribution in [-0.4, -0.2) is 41.9 Å². The maximum atomic E-state index is 12.6. The molecule has 0 aromatic heterocycles. The fourth-order valence-corrected chi connectivity index (χ4v) is 4.18. The molecule has 25 heavy (non-hydrogen) atoms. The number of anilines is 1. The molecule has 7 heteroatoms. The molecule has 4 amide bonds. The average Bonchev–Trinajstić information content (AvgIpc) is 3.11. The summed E-state index contributed by atoms with van der Waals surface area (Å²) in [7, 11) is 1.71. The summed E-state index contributed by atoms with van der Waals surface area (Å²) < 4.78 is 0.954. The number of benzene rings is 1. The van der Waals surface area contributed by atoms with Crippen LogP contribution in [0.15, 0.2) is 22.7 Å². The zero-order valence-electron chi connectivity index (χ0n) is 14.5. The lowest BCUT2D eigenvalue weighted by molar-refractivity contribution is -0.131. The molecule has 6 nitrogen and oxygen atoms in total. The first-order valence-corrected chi connectivity index (χ1v) is 9.30. The van der Waals surface area contributed by atoms with E-state index in [1.165, 1.54) is 4.90 Å². The second-order valence-corrected chi connectivity index (χ2v) is 7.73. The number of imide groups is 1. The molecule has 2 aliphatic rings. The summed E-state index contributed by atoms with van der Waals surface area (Å²) in [6.45, 7) is 2.05. The minimum Gasteiger partial charge on any atom is -0.323 e. The van der Waals surface area contributed by atoms with Gasteiger partial charge in [0.15, 0.2) is 0 Å². The van der Waals surface area contributed by atoms with Gasteiger partial charge in [-0.1, -0.05) is 28.8 Å². The second-order valence-electron chi connectivity index (χ2n) is 6.81. The van der Waals surface area contributed by atoms with Gasteiger partial charge in [0.25, 0.3) is 5.91 Å². The predicted octanol–water partition coefficient (Wildman–Crippen LogP) is 2.98. The Hall–Kier alpha value is -1.89. The van der Waals surface area contributed by atoms with Crippen molar-refractivity contribution < 1.29 is 14.4 Å². The molecule has 1 saturated heterocycles. The normalized spacial score (nSPS) is 18.8. The molecule has 0 radical (unpaired) electrons. The van der Waals surface area contributed by atoms with Gasteiger partial charge in [0.05, 0.1) is 0 Å². The van der Waals surface area contributed by atoms with Gasteiger partial charge in [-0.15, -0.1) is 0 Å². The number of hydrogen-bond acceptors (Lipinski definition) is 3. The van der Waals surface area contributed by atoms with Crippen molar-refractivity contribution >= 4 is 39.5 Å². The van der Waals surface area contributed by atoms with Gasteiger partial charge in [-0.3, -0.25) is 14.5 Å². The van der Waals surface area contributed by atoms with E-state index in [9.17, 15) is 14.4 Å². The number of nitrogens with zero attached hydrogens (tertiary/aromatic N) is 2. The lowest BCUT2D eigenvalue weighted by atomic mass is 9.98. The Morgan fingerprint density at radius 3 is 2.64 bits per heavy atom. The molecule has 2 fully saturated rings. The molecule has 1 aliphatic heterocycles. The van der Waals surface area contributed by atoms with E-state index in [-0.39, 0.29) is 30.8 Å². The SMILES string of the molecule is Cc1cc(Br)ccc1N(C)C(=O)CCN1C(=O)NC2(CCCC2)C1=O. The fourth-order valence-electron chi connectivity index (χ4n) is 3.70. The van der Waals surface area contributed by atoms with Gasteiger partial charge in [0.1, 0.15) is 5.54 Å². The summed E-state index contributed by atoms with van der Waals surface area (Å²) in [6, 6.07) is 5.33. The number of aryl methyl sites for hydroxylation is 1. The Morgan fingerprint density at radius 2 is 2.00 bits per heavy atom. The van der Waals surface area contributed by atoms with Gasteiger partial charge < -0.3 is 10.2 Å². The van der Waals surface area contributed by atoms with Gasteiger partial charge in [-0.2, -0.15) is 0 Å². The van der Waals surface area contributed by atoms with Crippen molar-refractivity contribution in [3.63, 3.8) is 0 Å². The van der Waals surface area contributed by atoms with Gasteiger partial charge in [0, 0.05) is 30.2 Å². The Morgan fingerprint density at radius 1 is 1.32 bits per heavy atom. The summed E-state index contributed by atoms with van der Waals surface area (Å²) >= 11 is 3.41. The van der Waals surface area contributed by atoms with E-state index in [4.69, 9.17) is 0 Å². The molecule has 1 heterocycles. The van der Waals surface area contributed by atoms with E-state index in [2.05, 4.69) is 21.2 Å². The van der Waals surface area contributed by atoms with Crippen LogP contribution in [0.5, 0.6) is 0 Å². The highest BCUT2D eigenvalue weighted by atomic mass is 79.9. The number of carbonyl (C=O) groups is 3. The minimum absolute atomic E-state index is 0.112. The molecule has 1 aromatic rings. The third-order valence-corrected chi connectivity index (χ3v) is 5.64. The molecule has 0 bridgehead atoms. The first-order chi connectivity index (χ1) is 11.8. The van der Waals surface area contributed by atoms with E-state index in [0.717, 1.165) is 28.6 Å². The lowest BCUT2D eigenvalue weighted by Gasteiger charge is -2.22. The molecule has 1 N–H and O–H groups in total. The maximum Gasteiger partial charge on any atom is 0.325 e. The van der Waals surface area contributed by atoms with E-state index < -0.39 is 5.54 Å². The molecule has 3 rings (SSSR count). The van der Waals surface area contributed by atoms with Crippen LogP contribution in [0.2, 0.25) is 0 Å².